The van der Waals surface area contributed by atoms with Crippen molar-refractivity contribution in [1.82, 2.24) is 9.80 Å². The van der Waals surface area contributed by atoms with Crippen molar-refractivity contribution in [2.45, 2.75) is 142 Å². The highest BCUT2D eigenvalue weighted by molar-refractivity contribution is 6.45. The molecule has 11 aromatic carbocycles. The Morgan fingerprint density at radius 1 is 0.351 bits per heavy atom. The monoisotopic (exact) mass is 1550 g/mol. The molecule has 0 fully saturated rings. The lowest BCUT2D eigenvalue weighted by atomic mass is 9.80. The molecule has 2 N–H and O–H groups in total. The standard InChI is InChI=1S/C90H78F6N4O14/c1-15-69(101)113-57-21-17-19-51(39-57)97-79(103)63(45-89(91,92)93)99-81(105)59-41-65(109-53-31-23-47(24-32-53)85(3,4)5)73-75-67(111-55-35-27-49(28-36-55)87(9,10)11)43-61-72-62(84(108)100(83(61)107)64(46-90(94,95)96)80(104)98-52-20-18-22-58(40-52)114-70(102)16-2)44-68(112-56-37-29-50(30-38-56)88(12,13)14)76(78(72)75)74-66(42-60(82(99)106)71(59)77(73)74)110-54-33-25-48(26-34-54)86(6,7)8/h15-44,63-64H,1-2,45-46H2,3-14H3,(H,97,103)(H,98,104). The SMILES string of the molecule is C=CC(=O)Oc1cccc(NC(=O)C(CC(F)(F)F)N2C(=O)c3cc(Oc4ccc(C(C)(C)C)cc4)c4c5c(Oc6ccc(C(C)(C)C)cc6)cc6c7c(cc(Oc8ccc(C(C)(C)C)cc8)c(c8c(Oc9ccc(C(C)(C)C)cc9)cc(c3c48)C2=O)c75)C(=O)N(C(CC(F)(F)F)C(=O)Nc2cccc(OC(=O)C=C)c2)C6=O)c1. The number of amides is 6. The van der Waals surface area contributed by atoms with Gasteiger partial charge >= 0.3 is 24.3 Å². The van der Waals surface area contributed by atoms with Crippen LogP contribution in [0.25, 0.3) is 43.1 Å². The maximum Gasteiger partial charge on any atom is 0.391 e. The molecule has 2 aliphatic rings. The minimum absolute atomic E-state index is 0.0789. The van der Waals surface area contributed by atoms with Crippen molar-refractivity contribution < 1.29 is 93.1 Å². The second-order valence-electron chi connectivity index (χ2n) is 32.1. The molecular formula is C90H78F6N4O14. The van der Waals surface area contributed by atoms with E-state index < -0.39 is 129 Å². The van der Waals surface area contributed by atoms with Gasteiger partial charge in [0, 0.05) is 78.7 Å². The molecule has 6 amide bonds. The number of hydrogen-bond donors (Lipinski definition) is 2. The van der Waals surface area contributed by atoms with Gasteiger partial charge in [0.15, 0.2) is 0 Å². The number of hydrogen-bond acceptors (Lipinski definition) is 14. The van der Waals surface area contributed by atoms with Crippen molar-refractivity contribution in [3.8, 4) is 57.5 Å². The lowest BCUT2D eigenvalue weighted by Crippen LogP contribution is -2.53. The van der Waals surface area contributed by atoms with Gasteiger partial charge in [-0.05, 0) is 141 Å². The molecule has 0 saturated heterocycles. The second-order valence-corrected chi connectivity index (χ2v) is 32.1. The van der Waals surface area contributed by atoms with E-state index in [-0.39, 0.29) is 122 Å². The Morgan fingerprint density at radius 3 is 0.816 bits per heavy atom. The van der Waals surface area contributed by atoms with Crippen LogP contribution in [-0.2, 0) is 40.8 Å². The minimum atomic E-state index is -5.27. The molecule has 11 aromatic rings. The van der Waals surface area contributed by atoms with Crippen LogP contribution >= 0.6 is 0 Å². The topological polar surface area (TPSA) is 222 Å². The summed E-state index contributed by atoms with van der Waals surface area (Å²) in [6, 6.07) is 36.6. The molecule has 24 heteroatoms. The first-order valence-electron chi connectivity index (χ1n) is 36.4. The van der Waals surface area contributed by atoms with Gasteiger partial charge in [0.2, 0.25) is 11.8 Å². The zero-order valence-corrected chi connectivity index (χ0v) is 64.2. The fraction of sp³-hybridized carbons (Fsp3) is 0.244. The maximum atomic E-state index is 16.3. The van der Waals surface area contributed by atoms with Gasteiger partial charge in [-0.1, -0.05) is 157 Å². The van der Waals surface area contributed by atoms with Crippen molar-refractivity contribution >= 4 is 102 Å². The van der Waals surface area contributed by atoms with E-state index in [1.54, 1.807) is 97.1 Å². The largest absolute Gasteiger partial charge is 0.457 e. The summed E-state index contributed by atoms with van der Waals surface area (Å²) in [5.74, 6) is -11.7. The third-order valence-electron chi connectivity index (χ3n) is 19.8. The number of alkyl halides is 6. The Hall–Kier alpha value is -12.9. The molecule has 0 aromatic heterocycles. The molecule has 2 heterocycles. The van der Waals surface area contributed by atoms with E-state index in [4.69, 9.17) is 28.4 Å². The van der Waals surface area contributed by atoms with Gasteiger partial charge in [0.25, 0.3) is 23.6 Å². The Balaban J connectivity index is 1.18. The number of esters is 2. The van der Waals surface area contributed by atoms with Crippen LogP contribution < -0.4 is 39.1 Å². The first kappa shape index (κ1) is 79.2. The lowest BCUT2D eigenvalue weighted by Gasteiger charge is -2.36. The molecule has 2 atom stereocenters. The van der Waals surface area contributed by atoms with Crippen LogP contribution in [-0.4, -0.2) is 81.6 Å². The Kier molecular flexibility index (Phi) is 20.4. The number of carbonyl (C=O) groups is 8. The fourth-order valence-electron chi connectivity index (χ4n) is 14.1. The number of rotatable bonds is 20. The summed E-state index contributed by atoms with van der Waals surface area (Å²) in [6.45, 7) is 30.4. The molecule has 13 rings (SSSR count). The smallest absolute Gasteiger partial charge is 0.391 e. The van der Waals surface area contributed by atoms with Crippen molar-refractivity contribution in [3.63, 3.8) is 0 Å². The van der Waals surface area contributed by atoms with Gasteiger partial charge in [-0.2, -0.15) is 26.3 Å². The number of nitrogens with one attached hydrogen (secondary N) is 2. The van der Waals surface area contributed by atoms with Gasteiger partial charge in [0.1, 0.15) is 69.6 Å². The number of benzene rings is 11. The fourth-order valence-corrected chi connectivity index (χ4v) is 14.1. The van der Waals surface area contributed by atoms with Crippen molar-refractivity contribution in [2.24, 2.45) is 0 Å². The average Bonchev–Trinajstić information content (AvgIpc) is 0.669. The molecule has 0 saturated carbocycles. The Bertz CT molecular complexity index is 5200. The number of fused-ring (bicyclic) bond motifs is 2. The molecule has 0 radical (unpaired) electrons. The molecule has 2 unspecified atom stereocenters. The van der Waals surface area contributed by atoms with Gasteiger partial charge in [0.05, 0.1) is 35.1 Å². The number of anilines is 2. The molecule has 2 aliphatic heterocycles. The summed E-state index contributed by atoms with van der Waals surface area (Å²) in [7, 11) is 0. The zero-order chi connectivity index (χ0) is 82.4. The number of ether oxygens (including phenoxy) is 6. The summed E-state index contributed by atoms with van der Waals surface area (Å²) in [5.41, 5.74) is -0.828. The minimum Gasteiger partial charge on any atom is -0.457 e. The molecule has 18 nitrogen and oxygen atoms in total. The van der Waals surface area contributed by atoms with E-state index in [1.165, 1.54) is 60.7 Å². The van der Waals surface area contributed by atoms with Crippen LogP contribution in [0.2, 0.25) is 0 Å². The highest BCUT2D eigenvalue weighted by Crippen LogP contribution is 2.59. The highest BCUT2D eigenvalue weighted by atomic mass is 19.4. The lowest BCUT2D eigenvalue weighted by molar-refractivity contribution is -0.151. The molecule has 114 heavy (non-hydrogen) atoms. The van der Waals surface area contributed by atoms with E-state index >= 15 is 45.5 Å². The average molecular weight is 1550 g/mol. The van der Waals surface area contributed by atoms with Crippen LogP contribution in [0.15, 0.2) is 195 Å². The van der Waals surface area contributed by atoms with Crippen LogP contribution in [0, 0.1) is 0 Å². The number of nitrogens with zero attached hydrogens (tertiary/aromatic N) is 2. The third kappa shape index (κ3) is 15.9. The first-order valence-corrected chi connectivity index (χ1v) is 36.4. The molecule has 0 bridgehead atoms. The van der Waals surface area contributed by atoms with E-state index in [0.29, 0.717) is 0 Å². The normalized spacial score (nSPS) is 13.9. The quantitative estimate of drug-likeness (QED) is 0.0138. The predicted molar refractivity (Wildman–Crippen MR) is 420 cm³/mol. The van der Waals surface area contributed by atoms with Crippen LogP contribution in [0.4, 0.5) is 37.7 Å². The van der Waals surface area contributed by atoms with Gasteiger partial charge in [-0.15, -0.1) is 0 Å². The van der Waals surface area contributed by atoms with Gasteiger partial charge < -0.3 is 39.1 Å². The van der Waals surface area contributed by atoms with Crippen LogP contribution in [0.5, 0.6) is 57.5 Å². The summed E-state index contributed by atoms with van der Waals surface area (Å²) in [5, 5.41) is 3.75. The van der Waals surface area contributed by atoms with E-state index in [9.17, 15) is 19.2 Å². The van der Waals surface area contributed by atoms with E-state index in [1.807, 2.05) is 83.1 Å². The number of carbonyl (C=O) groups excluding carboxylic acids is 8. The van der Waals surface area contributed by atoms with Crippen LogP contribution in [0.1, 0.15) is 160 Å². The third-order valence-corrected chi connectivity index (χ3v) is 19.8. The molecule has 584 valence electrons. The molecule has 0 aliphatic carbocycles. The Labute approximate surface area is 651 Å². The van der Waals surface area contributed by atoms with E-state index in [0.717, 1.165) is 46.5 Å². The van der Waals surface area contributed by atoms with E-state index in [2.05, 4.69) is 23.8 Å². The Morgan fingerprint density at radius 2 is 0.596 bits per heavy atom. The summed E-state index contributed by atoms with van der Waals surface area (Å²) in [4.78, 5) is 120. The second kappa shape index (κ2) is 29.3. The van der Waals surface area contributed by atoms with Crippen molar-refractivity contribution in [2.75, 3.05) is 10.6 Å². The van der Waals surface area contributed by atoms with Crippen molar-refractivity contribution in [3.05, 3.63) is 240 Å². The predicted octanol–water partition coefficient (Wildman–Crippen LogP) is 21.4. The number of imide groups is 2. The highest BCUT2D eigenvalue weighted by Gasteiger charge is 2.50. The summed E-state index contributed by atoms with van der Waals surface area (Å²) < 4.78 is 132. The van der Waals surface area contributed by atoms with Gasteiger partial charge in [-0.25, -0.2) is 9.59 Å². The van der Waals surface area contributed by atoms with Gasteiger partial charge in [-0.3, -0.25) is 38.6 Å². The van der Waals surface area contributed by atoms with Crippen molar-refractivity contribution in [1.29, 1.82) is 0 Å². The van der Waals surface area contributed by atoms with Crippen LogP contribution in [0.3, 0.4) is 0 Å². The zero-order valence-electron chi connectivity index (χ0n) is 64.2. The number of halogens is 6. The maximum absolute atomic E-state index is 16.3. The summed E-state index contributed by atoms with van der Waals surface area (Å²) in [6.07, 6.45) is -13.0. The summed E-state index contributed by atoms with van der Waals surface area (Å²) >= 11 is 0. The first-order chi connectivity index (χ1) is 53.5. The molecular weight excluding hydrogens is 1470 g/mol. The molecule has 0 spiro atoms.